The summed E-state index contributed by atoms with van der Waals surface area (Å²) in [5.74, 6) is 0.102. The van der Waals surface area contributed by atoms with E-state index < -0.39 is 24.0 Å². The molecule has 0 saturated carbocycles. The first-order valence-corrected chi connectivity index (χ1v) is 16.3. The number of anilines is 1. The number of carbonyl (C=O) groups is 1. The lowest BCUT2D eigenvalue weighted by molar-refractivity contribution is 0.0125. The van der Waals surface area contributed by atoms with Crippen molar-refractivity contribution in [1.82, 2.24) is 24.4 Å². The highest BCUT2D eigenvalue weighted by Crippen LogP contribution is 2.39. The van der Waals surface area contributed by atoms with Crippen LogP contribution in [0.2, 0.25) is 5.02 Å². The zero-order valence-corrected chi connectivity index (χ0v) is 27.7. The number of ether oxygens (including phenoxy) is 1. The highest BCUT2D eigenvalue weighted by molar-refractivity contribution is 7.18. The van der Waals surface area contributed by atoms with Gasteiger partial charge in [-0.05, 0) is 51.1 Å². The van der Waals surface area contributed by atoms with Crippen LogP contribution in [0.4, 0.5) is 14.6 Å². The Balaban J connectivity index is 1.30. The Kier molecular flexibility index (Phi) is 9.28. The van der Waals surface area contributed by atoms with Crippen LogP contribution in [0.5, 0.6) is 5.75 Å². The van der Waals surface area contributed by atoms with E-state index >= 15 is 0 Å². The molecule has 1 aliphatic heterocycles. The number of hydrogen-bond acceptors (Lipinski definition) is 10. The zero-order chi connectivity index (χ0) is 34.3. The molecule has 1 fully saturated rings. The maximum Gasteiger partial charge on any atom is 0.338 e. The van der Waals surface area contributed by atoms with E-state index in [1.807, 2.05) is 6.07 Å². The number of pyridine rings is 2. The largest absolute Gasteiger partial charge is 0.491 e. The average Bonchev–Trinajstić information content (AvgIpc) is 3.51. The van der Waals surface area contributed by atoms with Gasteiger partial charge in [-0.3, -0.25) is 19.2 Å². The first kappa shape index (κ1) is 33.2. The first-order valence-electron chi connectivity index (χ1n) is 15.0. The summed E-state index contributed by atoms with van der Waals surface area (Å²) in [7, 11) is 3.44. The predicted octanol–water partition coefficient (Wildman–Crippen LogP) is 5.84. The number of rotatable bonds is 9. The van der Waals surface area contributed by atoms with E-state index in [1.54, 1.807) is 60.5 Å². The third kappa shape index (κ3) is 6.05. The van der Waals surface area contributed by atoms with Gasteiger partial charge in [-0.1, -0.05) is 11.6 Å². The first-order chi connectivity index (χ1) is 23.0. The van der Waals surface area contributed by atoms with Crippen molar-refractivity contribution in [3.8, 4) is 22.9 Å². The number of likely N-dealkylation sites (tertiary alicyclic amines) is 1. The Bertz CT molecular complexity index is 2150. The maximum absolute atomic E-state index is 13.9. The van der Waals surface area contributed by atoms with Crippen LogP contribution in [0.1, 0.15) is 34.6 Å². The molecule has 0 amide bonds. The smallest absolute Gasteiger partial charge is 0.338 e. The van der Waals surface area contributed by atoms with Crippen LogP contribution in [0.3, 0.4) is 0 Å². The van der Waals surface area contributed by atoms with E-state index in [1.165, 1.54) is 28.3 Å². The number of hydrogen-bond donors (Lipinski definition) is 1. The lowest BCUT2D eigenvalue weighted by atomic mass is 9.96. The fraction of sp³-hybridized carbons (Fsp3) is 0.333. The molecule has 0 aliphatic carbocycles. The minimum absolute atomic E-state index is 0.0476. The number of alkyl halides is 2. The van der Waals surface area contributed by atoms with Crippen LogP contribution in [0.15, 0.2) is 46.8 Å². The van der Waals surface area contributed by atoms with Crippen molar-refractivity contribution >= 4 is 55.8 Å². The van der Waals surface area contributed by atoms with Crippen molar-refractivity contribution < 1.29 is 23.4 Å². The van der Waals surface area contributed by atoms with Gasteiger partial charge in [0.25, 0.3) is 12.0 Å². The number of aromatic carboxylic acids is 1. The zero-order valence-electron chi connectivity index (χ0n) is 26.2. The van der Waals surface area contributed by atoms with E-state index in [0.717, 1.165) is 0 Å². The number of halogens is 3. The van der Waals surface area contributed by atoms with Gasteiger partial charge in [-0.25, -0.2) is 23.5 Å². The van der Waals surface area contributed by atoms with Gasteiger partial charge in [0.05, 0.1) is 39.3 Å². The molecule has 1 aliphatic rings. The molecule has 15 heteroatoms. The van der Waals surface area contributed by atoms with Crippen molar-refractivity contribution in [2.24, 2.45) is 0 Å². The fourth-order valence-corrected chi connectivity index (χ4v) is 7.42. The Labute approximate surface area is 282 Å². The molecule has 2 atom stereocenters. The molecule has 0 spiro atoms. The molecule has 0 radical (unpaired) electrons. The summed E-state index contributed by atoms with van der Waals surface area (Å²) in [5.41, 5.74) is 1.63. The SMILES string of the molecule is Cc1nc2c(N(C)C3CCN(C)C(C(F)F)C3)ncc(C#N)c2c(=O)n1CCOc1ccc(Cl)cc1-c1ccnc2c(C(=O)O)csc12. The van der Waals surface area contributed by atoms with Crippen molar-refractivity contribution in [3.05, 3.63) is 74.4 Å². The van der Waals surface area contributed by atoms with Gasteiger partial charge in [0.2, 0.25) is 0 Å². The van der Waals surface area contributed by atoms with Crippen molar-refractivity contribution in [3.63, 3.8) is 0 Å². The molecule has 1 aromatic carbocycles. The number of benzene rings is 1. The molecule has 2 unspecified atom stereocenters. The predicted molar refractivity (Wildman–Crippen MR) is 180 cm³/mol. The number of thiophene rings is 1. The molecule has 5 aromatic rings. The second-order valence-corrected chi connectivity index (χ2v) is 12.9. The van der Waals surface area contributed by atoms with Gasteiger partial charge >= 0.3 is 5.97 Å². The highest BCUT2D eigenvalue weighted by Gasteiger charge is 2.35. The van der Waals surface area contributed by atoms with E-state index in [9.17, 15) is 28.7 Å². The molecular weight excluding hydrogens is 664 g/mol. The van der Waals surface area contributed by atoms with E-state index in [4.69, 9.17) is 21.3 Å². The van der Waals surface area contributed by atoms with Gasteiger partial charge in [-0.15, -0.1) is 11.3 Å². The van der Waals surface area contributed by atoms with Crippen LogP contribution in [-0.2, 0) is 6.54 Å². The Morgan fingerprint density at radius 1 is 1.27 bits per heavy atom. The standard InChI is InChI=1S/C33H30ClF2N7O4S/c1-17-40-28-26(18(14-37)15-39-31(28)42(3)20-7-9-41(2)24(13-20)30(35)36)32(44)43(17)10-11-47-25-5-4-19(34)12-22(25)21-6-8-38-27-23(33(45)46)16-48-29(21)27/h4-6,8,12,15-16,20,24,30H,7,9-11,13H2,1-3H3,(H,45,46). The number of piperidine rings is 1. The van der Waals surface area contributed by atoms with Crippen LogP contribution in [0, 0.1) is 18.3 Å². The molecule has 4 aromatic heterocycles. The second kappa shape index (κ2) is 13.4. The minimum Gasteiger partial charge on any atom is -0.491 e. The van der Waals surface area contributed by atoms with E-state index in [2.05, 4.69) is 9.97 Å². The Morgan fingerprint density at radius 2 is 2.06 bits per heavy atom. The minimum atomic E-state index is -2.50. The topological polar surface area (TPSA) is 137 Å². The third-order valence-corrected chi connectivity index (χ3v) is 10.1. The lowest BCUT2D eigenvalue weighted by Crippen LogP contribution is -2.50. The molecule has 48 heavy (non-hydrogen) atoms. The van der Waals surface area contributed by atoms with Crippen LogP contribution in [-0.4, -0.2) is 81.3 Å². The summed E-state index contributed by atoms with van der Waals surface area (Å²) in [4.78, 5) is 42.5. The van der Waals surface area contributed by atoms with Gasteiger partial charge in [0.1, 0.15) is 29.8 Å². The summed E-state index contributed by atoms with van der Waals surface area (Å²) in [6.07, 6.45) is 1.19. The van der Waals surface area contributed by atoms with E-state index in [0.29, 0.717) is 56.7 Å². The number of nitriles is 1. The Hall–Kier alpha value is -4.71. The summed E-state index contributed by atoms with van der Waals surface area (Å²) >= 11 is 7.61. The molecule has 1 N–H and O–H groups in total. The Morgan fingerprint density at radius 3 is 2.79 bits per heavy atom. The molecule has 0 bridgehead atoms. The molecule has 5 heterocycles. The maximum atomic E-state index is 13.9. The molecule has 248 valence electrons. The van der Waals surface area contributed by atoms with E-state index in [-0.39, 0.29) is 47.6 Å². The van der Waals surface area contributed by atoms with Gasteiger partial charge in [-0.2, -0.15) is 5.26 Å². The number of aromatic nitrogens is 4. The summed E-state index contributed by atoms with van der Waals surface area (Å²) < 4.78 is 35.7. The number of carboxylic acid groups (broad SMARTS) is 1. The van der Waals surface area contributed by atoms with Gasteiger partial charge < -0.3 is 14.7 Å². The number of fused-ring (bicyclic) bond motifs is 2. The van der Waals surface area contributed by atoms with Crippen LogP contribution < -0.4 is 15.2 Å². The molecule has 1 saturated heterocycles. The molecule has 11 nitrogen and oxygen atoms in total. The normalized spacial score (nSPS) is 16.8. The second-order valence-electron chi connectivity index (χ2n) is 11.6. The number of aryl methyl sites for hydroxylation is 1. The fourth-order valence-electron chi connectivity index (χ4n) is 6.22. The summed E-state index contributed by atoms with van der Waals surface area (Å²) in [6, 6.07) is 7.73. The summed E-state index contributed by atoms with van der Waals surface area (Å²) in [5, 5.41) is 21.5. The van der Waals surface area contributed by atoms with Gasteiger partial charge in [0.15, 0.2) is 5.82 Å². The monoisotopic (exact) mass is 693 g/mol. The van der Waals surface area contributed by atoms with Crippen molar-refractivity contribution in [2.45, 2.75) is 44.8 Å². The lowest BCUT2D eigenvalue weighted by Gasteiger charge is -2.40. The van der Waals surface area contributed by atoms with Gasteiger partial charge in [0, 0.05) is 53.6 Å². The molecule has 6 rings (SSSR count). The molecular formula is C33H30ClF2N7O4S. The average molecular weight is 694 g/mol. The van der Waals surface area contributed by atoms with Crippen molar-refractivity contribution in [1.29, 1.82) is 5.26 Å². The third-order valence-electron chi connectivity index (χ3n) is 8.83. The quantitative estimate of drug-likeness (QED) is 0.200. The van der Waals surface area contributed by atoms with Crippen LogP contribution >= 0.6 is 22.9 Å². The van der Waals surface area contributed by atoms with Crippen LogP contribution in [0.25, 0.3) is 32.2 Å². The highest BCUT2D eigenvalue weighted by atomic mass is 35.5. The summed E-state index contributed by atoms with van der Waals surface area (Å²) in [6.45, 7) is 2.29. The number of nitrogens with zero attached hydrogens (tertiary/aromatic N) is 7. The van der Waals surface area contributed by atoms with Crippen molar-refractivity contribution in [2.75, 3.05) is 32.1 Å². The number of carboxylic acids is 1.